The zero-order chi connectivity index (χ0) is 18.8. The molecule has 2 aromatic rings. The van der Waals surface area contributed by atoms with Gasteiger partial charge < -0.3 is 19.5 Å². The van der Waals surface area contributed by atoms with Crippen molar-refractivity contribution >= 4 is 5.91 Å². The molecule has 0 aliphatic carbocycles. The fourth-order valence-electron chi connectivity index (χ4n) is 2.64. The number of carbonyl (C=O) groups excluding carboxylic acids is 1. The molecule has 0 saturated carbocycles. The van der Waals surface area contributed by atoms with Crippen molar-refractivity contribution in [3.8, 4) is 17.2 Å². The molecule has 2 aromatic carbocycles. The zero-order valence-electron chi connectivity index (χ0n) is 15.7. The normalized spacial score (nSPS) is 11.5. The first-order valence-electron chi connectivity index (χ1n) is 8.88. The number of benzene rings is 2. The Kier molecular flexibility index (Phi) is 7.80. The molecule has 1 amide bonds. The zero-order valence-corrected chi connectivity index (χ0v) is 15.7. The van der Waals surface area contributed by atoms with Crippen LogP contribution in [0.15, 0.2) is 48.5 Å². The Balaban J connectivity index is 1.81. The predicted molar refractivity (Wildman–Crippen MR) is 102 cm³/mol. The van der Waals surface area contributed by atoms with Gasteiger partial charge in [-0.25, -0.2) is 0 Å². The molecule has 26 heavy (non-hydrogen) atoms. The Morgan fingerprint density at radius 2 is 1.81 bits per heavy atom. The van der Waals surface area contributed by atoms with Gasteiger partial charge in [0.25, 0.3) is 5.91 Å². The second kappa shape index (κ2) is 10.3. The first-order chi connectivity index (χ1) is 12.7. The molecule has 5 heteroatoms. The lowest BCUT2D eigenvalue weighted by molar-refractivity contribution is -0.128. The number of amides is 1. The molecule has 1 unspecified atom stereocenters. The Hall–Kier alpha value is -2.69. The minimum Gasteiger partial charge on any atom is -0.497 e. The van der Waals surface area contributed by atoms with Gasteiger partial charge in [0.1, 0.15) is 5.75 Å². The summed E-state index contributed by atoms with van der Waals surface area (Å²) in [4.78, 5) is 12.4. The smallest absolute Gasteiger partial charge is 0.261 e. The van der Waals surface area contributed by atoms with E-state index in [4.69, 9.17) is 14.2 Å². The van der Waals surface area contributed by atoms with Gasteiger partial charge in [-0.05, 0) is 49.1 Å². The van der Waals surface area contributed by atoms with E-state index in [1.54, 1.807) is 20.3 Å². The molecule has 0 aliphatic heterocycles. The lowest BCUT2D eigenvalue weighted by atomic mass is 10.1. The lowest BCUT2D eigenvalue weighted by Crippen LogP contribution is -2.38. The SMILES string of the molecule is CCC(Oc1ccccc1OC)C(=O)NCCCc1cccc(OC)c1. The largest absolute Gasteiger partial charge is 0.497 e. The van der Waals surface area contributed by atoms with E-state index < -0.39 is 6.10 Å². The molecule has 0 radical (unpaired) electrons. The fourth-order valence-corrected chi connectivity index (χ4v) is 2.64. The summed E-state index contributed by atoms with van der Waals surface area (Å²) in [6.07, 6.45) is 1.77. The number of rotatable bonds is 10. The first kappa shape index (κ1) is 19.6. The summed E-state index contributed by atoms with van der Waals surface area (Å²) in [5, 5.41) is 2.95. The van der Waals surface area contributed by atoms with Crippen LogP contribution in [0.3, 0.4) is 0 Å². The number of hydrogen-bond acceptors (Lipinski definition) is 4. The third-order valence-corrected chi connectivity index (χ3v) is 4.08. The standard InChI is InChI=1S/C21H27NO4/c1-4-18(26-20-13-6-5-12-19(20)25-3)21(23)22-14-8-10-16-9-7-11-17(15-16)24-2/h5-7,9,11-13,15,18H,4,8,10,14H2,1-3H3,(H,22,23). The van der Waals surface area contributed by atoms with Gasteiger partial charge in [-0.1, -0.05) is 31.2 Å². The second-order valence-corrected chi connectivity index (χ2v) is 5.91. The van der Waals surface area contributed by atoms with E-state index in [2.05, 4.69) is 11.4 Å². The number of hydrogen-bond donors (Lipinski definition) is 1. The number of ether oxygens (including phenoxy) is 3. The number of nitrogens with one attached hydrogen (secondary N) is 1. The van der Waals surface area contributed by atoms with Crippen molar-refractivity contribution in [1.82, 2.24) is 5.32 Å². The molecule has 0 spiro atoms. The Bertz CT molecular complexity index is 702. The third kappa shape index (κ3) is 5.69. The Morgan fingerprint density at radius 3 is 2.50 bits per heavy atom. The summed E-state index contributed by atoms with van der Waals surface area (Å²) in [5.41, 5.74) is 1.19. The van der Waals surface area contributed by atoms with E-state index in [9.17, 15) is 4.79 Å². The summed E-state index contributed by atoms with van der Waals surface area (Å²) in [5.74, 6) is 1.94. The van der Waals surface area contributed by atoms with Crippen LogP contribution in [0.25, 0.3) is 0 Å². The number of para-hydroxylation sites is 2. The second-order valence-electron chi connectivity index (χ2n) is 5.91. The number of aryl methyl sites for hydroxylation is 1. The molecule has 2 rings (SSSR count). The van der Waals surface area contributed by atoms with Crippen LogP contribution >= 0.6 is 0 Å². The average Bonchev–Trinajstić information content (AvgIpc) is 2.69. The molecular formula is C21H27NO4. The lowest BCUT2D eigenvalue weighted by Gasteiger charge is -2.18. The maximum Gasteiger partial charge on any atom is 0.261 e. The first-order valence-corrected chi connectivity index (χ1v) is 8.88. The molecule has 0 fully saturated rings. The van der Waals surface area contributed by atoms with Crippen molar-refractivity contribution in [2.45, 2.75) is 32.3 Å². The highest BCUT2D eigenvalue weighted by Crippen LogP contribution is 2.27. The summed E-state index contributed by atoms with van der Waals surface area (Å²) in [7, 11) is 3.24. The summed E-state index contributed by atoms with van der Waals surface area (Å²) < 4.78 is 16.3. The number of methoxy groups -OCH3 is 2. The van der Waals surface area contributed by atoms with E-state index in [-0.39, 0.29) is 5.91 Å². The Labute approximate surface area is 155 Å². The predicted octanol–water partition coefficient (Wildman–Crippen LogP) is 3.61. The molecule has 0 aliphatic rings. The van der Waals surface area contributed by atoms with Gasteiger partial charge in [0.05, 0.1) is 14.2 Å². The van der Waals surface area contributed by atoms with Gasteiger partial charge in [-0.15, -0.1) is 0 Å². The van der Waals surface area contributed by atoms with Gasteiger partial charge in [-0.2, -0.15) is 0 Å². The van der Waals surface area contributed by atoms with Crippen molar-refractivity contribution < 1.29 is 19.0 Å². The topological polar surface area (TPSA) is 56.8 Å². The molecule has 1 N–H and O–H groups in total. The summed E-state index contributed by atoms with van der Waals surface area (Å²) >= 11 is 0. The van der Waals surface area contributed by atoms with E-state index in [0.717, 1.165) is 18.6 Å². The van der Waals surface area contributed by atoms with Crippen LogP contribution in [0.5, 0.6) is 17.2 Å². The molecule has 5 nitrogen and oxygen atoms in total. The molecular weight excluding hydrogens is 330 g/mol. The quantitative estimate of drug-likeness (QED) is 0.660. The van der Waals surface area contributed by atoms with Crippen LogP contribution in [0.4, 0.5) is 0 Å². The molecule has 1 atom stereocenters. The highest BCUT2D eigenvalue weighted by molar-refractivity contribution is 5.81. The molecule has 0 aromatic heterocycles. The van der Waals surface area contributed by atoms with Crippen molar-refractivity contribution in [2.75, 3.05) is 20.8 Å². The van der Waals surface area contributed by atoms with Crippen LogP contribution < -0.4 is 19.5 Å². The van der Waals surface area contributed by atoms with E-state index >= 15 is 0 Å². The summed E-state index contributed by atoms with van der Waals surface area (Å²) in [6.45, 7) is 2.53. The van der Waals surface area contributed by atoms with Gasteiger partial charge in [0.15, 0.2) is 17.6 Å². The summed E-state index contributed by atoms with van der Waals surface area (Å²) in [6, 6.07) is 15.3. The highest BCUT2D eigenvalue weighted by Gasteiger charge is 2.19. The monoisotopic (exact) mass is 357 g/mol. The minimum atomic E-state index is -0.539. The van der Waals surface area contributed by atoms with Crippen LogP contribution in [0, 0.1) is 0 Å². The van der Waals surface area contributed by atoms with Crippen molar-refractivity contribution in [3.63, 3.8) is 0 Å². The van der Waals surface area contributed by atoms with Crippen LogP contribution in [0.2, 0.25) is 0 Å². The molecule has 0 bridgehead atoms. The highest BCUT2D eigenvalue weighted by atomic mass is 16.5. The van der Waals surface area contributed by atoms with Crippen LogP contribution in [0.1, 0.15) is 25.3 Å². The van der Waals surface area contributed by atoms with Gasteiger partial charge in [0, 0.05) is 6.54 Å². The maximum absolute atomic E-state index is 12.4. The Morgan fingerprint density at radius 1 is 1.04 bits per heavy atom. The van der Waals surface area contributed by atoms with Crippen LogP contribution in [-0.2, 0) is 11.2 Å². The van der Waals surface area contributed by atoms with Crippen LogP contribution in [-0.4, -0.2) is 32.8 Å². The fraction of sp³-hybridized carbons (Fsp3) is 0.381. The molecule has 0 saturated heterocycles. The van der Waals surface area contributed by atoms with E-state index in [1.807, 2.05) is 43.3 Å². The van der Waals surface area contributed by atoms with Gasteiger partial charge in [0.2, 0.25) is 0 Å². The van der Waals surface area contributed by atoms with Crippen molar-refractivity contribution in [2.24, 2.45) is 0 Å². The van der Waals surface area contributed by atoms with E-state index in [0.29, 0.717) is 24.5 Å². The minimum absolute atomic E-state index is 0.107. The molecule has 0 heterocycles. The van der Waals surface area contributed by atoms with Gasteiger partial charge >= 0.3 is 0 Å². The third-order valence-electron chi connectivity index (χ3n) is 4.08. The van der Waals surface area contributed by atoms with Crippen molar-refractivity contribution in [3.05, 3.63) is 54.1 Å². The number of carbonyl (C=O) groups is 1. The van der Waals surface area contributed by atoms with Crippen molar-refractivity contribution in [1.29, 1.82) is 0 Å². The molecule has 140 valence electrons. The van der Waals surface area contributed by atoms with Gasteiger partial charge in [-0.3, -0.25) is 4.79 Å². The maximum atomic E-state index is 12.4. The average molecular weight is 357 g/mol. The van der Waals surface area contributed by atoms with E-state index in [1.165, 1.54) is 5.56 Å².